The molecule has 13 aromatic rings. The zero-order chi connectivity index (χ0) is 82.0. The summed E-state index contributed by atoms with van der Waals surface area (Å²) in [6.45, 7) is 18.8. The second-order valence-electron chi connectivity index (χ2n) is 28.7. The highest BCUT2D eigenvalue weighted by atomic mass is 127. The van der Waals surface area contributed by atoms with Crippen LogP contribution in [0, 0.1) is 31.3 Å². The van der Waals surface area contributed by atoms with Crippen LogP contribution in [0.15, 0.2) is 229 Å². The first-order chi connectivity index (χ1) is 56.5. The molecule has 0 spiro atoms. The van der Waals surface area contributed by atoms with Gasteiger partial charge in [0.05, 0.1) is 27.7 Å². The Bertz CT molecular complexity index is 5560. The molecule has 15 rings (SSSR count). The Morgan fingerprint density at radius 1 is 0.453 bits per heavy atom. The largest absolute Gasteiger partial charge is 0.416 e. The third-order valence-electron chi connectivity index (χ3n) is 19.7. The Hall–Kier alpha value is -11.5. The van der Waals surface area contributed by atoms with Gasteiger partial charge in [-0.05, 0) is 236 Å². The van der Waals surface area contributed by atoms with Gasteiger partial charge < -0.3 is 47.0 Å². The van der Waals surface area contributed by atoms with Crippen LogP contribution in [-0.4, -0.2) is 140 Å². The minimum Gasteiger partial charge on any atom is -0.334 e. The maximum atomic E-state index is 13.1. The number of nitrogens with one attached hydrogen (secondary N) is 7. The van der Waals surface area contributed by atoms with E-state index in [4.69, 9.17) is 9.97 Å². The number of halogens is 4. The summed E-state index contributed by atoms with van der Waals surface area (Å²) < 4.78 is 39.2. The number of alkyl halides is 3. The maximum Gasteiger partial charge on any atom is 0.416 e. The van der Waals surface area contributed by atoms with E-state index in [9.17, 15) is 32.3 Å². The summed E-state index contributed by atoms with van der Waals surface area (Å²) >= 11 is 7.01. The SMILES string of the molecule is Cc1ccc(NC(=O)c2ccc(CN3CCN(C)CC3)c(I)c2)cc1Cc1nc(-c2cccnc2)cs1.Cc1ccc(NC(=O)c2ccc(CNC(=O)Nc3ccc(C(F)(F)F)cc3)cc2)cc1Nc1nc(-c2cccnc2)cs1.Cc1cncc(-c2csc(Nc3cc(NC(=O)c4ccc(CN5CCN(C)CC5)cc4)ccc3C)n2)c1. The first-order valence-corrected chi connectivity index (χ1v) is 41.6. The standard InChI is InChI=1S/C31H25F3N6O2S.C29H30IN5OS.C29H32N6OS/c1-19-4-11-25(15-26(19)39-30-40-27(18-43-30)22-3-2-14-35-17-22)37-28(41)21-7-5-20(6-8-21)16-36-29(42)38-24-12-9-23(10-13-24)31(32,33)34;1-20-5-8-25(14-24(20)16-28-33-27(19-37-28)22-4-3-9-31-17-22)32-29(36)21-6-7-23(26(30)15-21)18-35-12-10-34(2)11-13-35;1-20-14-24(17-30-16-20)27-19-37-29(33-27)32-26-15-25(9-4-21(26)2)31-28(36)23-7-5-22(6-8-23)18-35-12-10-34(3)11-13-35/h2-15,17-18H,16H2,1H3,(H,37,41)(H,39,40)(H2,36,38,42);3-9,14-15,17,19H,10-13,16,18H2,1-2H3,(H,32,36);4-9,14-17,19H,10-13,18H2,1-3H3,(H,31,36)(H,32,33). The summed E-state index contributed by atoms with van der Waals surface area (Å²) in [7, 11) is 4.33. The number of anilines is 8. The van der Waals surface area contributed by atoms with Crippen molar-refractivity contribution in [3.63, 3.8) is 0 Å². The summed E-state index contributed by atoms with van der Waals surface area (Å²) in [4.78, 5) is 87.5. The van der Waals surface area contributed by atoms with Crippen LogP contribution in [0.3, 0.4) is 0 Å². The van der Waals surface area contributed by atoms with Crippen molar-refractivity contribution in [3.05, 3.63) is 305 Å². The summed E-state index contributed by atoms with van der Waals surface area (Å²) in [6, 6.07) is 51.6. The molecule has 2 aliphatic rings. The molecular formula is C89H87F3IN17O4S3. The number of pyridine rings is 3. The molecule has 0 radical (unpaired) electrons. The van der Waals surface area contributed by atoms with E-state index in [0.717, 1.165) is 182 Å². The normalized spacial score (nSPS) is 13.2. The third-order valence-corrected chi connectivity index (χ3v) is 23.1. The molecule has 117 heavy (non-hydrogen) atoms. The molecule has 0 aliphatic carbocycles. The molecule has 598 valence electrons. The Morgan fingerprint density at radius 2 is 0.932 bits per heavy atom. The number of urea groups is 1. The van der Waals surface area contributed by atoms with Crippen molar-refractivity contribution in [2.45, 2.75) is 59.9 Å². The Labute approximate surface area is 703 Å². The molecule has 21 nitrogen and oxygen atoms in total. The Kier molecular flexibility index (Phi) is 28.1. The quantitative estimate of drug-likeness (QED) is 0.0312. The molecule has 6 aromatic heterocycles. The molecule has 8 heterocycles. The lowest BCUT2D eigenvalue weighted by Crippen LogP contribution is -2.44. The number of hydrogen-bond donors (Lipinski definition) is 7. The van der Waals surface area contributed by atoms with Crippen LogP contribution >= 0.6 is 56.6 Å². The fourth-order valence-electron chi connectivity index (χ4n) is 12.8. The van der Waals surface area contributed by atoms with Gasteiger partial charge in [-0.2, -0.15) is 13.2 Å². The average molecular weight is 1740 g/mol. The zero-order valence-electron chi connectivity index (χ0n) is 65.3. The van der Waals surface area contributed by atoms with Gasteiger partial charge in [0.25, 0.3) is 17.7 Å². The molecule has 7 N–H and O–H groups in total. The van der Waals surface area contributed by atoms with E-state index in [-0.39, 0.29) is 30.0 Å². The molecule has 28 heteroatoms. The molecule has 5 amide bonds. The average Bonchev–Trinajstić information content (AvgIpc) is 1.83. The van der Waals surface area contributed by atoms with Crippen LogP contribution in [0.5, 0.6) is 0 Å². The van der Waals surface area contributed by atoms with Gasteiger partial charge in [-0.15, -0.1) is 34.0 Å². The number of hydrogen-bond acceptors (Lipinski definition) is 19. The van der Waals surface area contributed by atoms with Gasteiger partial charge in [0, 0.05) is 203 Å². The minimum absolute atomic E-state index is 0.0908. The lowest BCUT2D eigenvalue weighted by atomic mass is 10.0. The van der Waals surface area contributed by atoms with E-state index >= 15 is 0 Å². The van der Waals surface area contributed by atoms with Crippen molar-refractivity contribution >= 4 is 125 Å². The van der Waals surface area contributed by atoms with Crippen LogP contribution in [0.1, 0.15) is 86.2 Å². The van der Waals surface area contributed by atoms with Crippen LogP contribution in [0.2, 0.25) is 0 Å². The predicted molar refractivity (Wildman–Crippen MR) is 472 cm³/mol. The van der Waals surface area contributed by atoms with Gasteiger partial charge in [-0.25, -0.2) is 19.7 Å². The van der Waals surface area contributed by atoms with Gasteiger partial charge in [0.15, 0.2) is 10.3 Å². The van der Waals surface area contributed by atoms with Crippen LogP contribution in [-0.2, 0) is 32.2 Å². The number of aryl methyl sites for hydroxylation is 4. The van der Waals surface area contributed by atoms with Crippen LogP contribution in [0.25, 0.3) is 33.8 Å². The van der Waals surface area contributed by atoms with Gasteiger partial charge in [-0.1, -0.05) is 48.5 Å². The summed E-state index contributed by atoms with van der Waals surface area (Å²) in [5.41, 5.74) is 19.3. The summed E-state index contributed by atoms with van der Waals surface area (Å²) in [5.74, 6) is -0.515. The van der Waals surface area contributed by atoms with Gasteiger partial charge in [0.1, 0.15) is 0 Å². The van der Waals surface area contributed by atoms with Crippen molar-refractivity contribution in [2.75, 3.05) is 98.4 Å². The lowest BCUT2D eigenvalue weighted by molar-refractivity contribution is -0.137. The number of amides is 5. The molecule has 7 aromatic carbocycles. The highest BCUT2D eigenvalue weighted by molar-refractivity contribution is 14.1. The zero-order valence-corrected chi connectivity index (χ0v) is 69.9. The molecule has 0 unspecified atom stereocenters. The second kappa shape index (κ2) is 39.4. The van der Waals surface area contributed by atoms with E-state index in [2.05, 4.69) is 162 Å². The molecule has 0 saturated carbocycles. The number of benzene rings is 7. The van der Waals surface area contributed by atoms with Gasteiger partial charge in [-0.3, -0.25) is 39.1 Å². The van der Waals surface area contributed by atoms with Gasteiger partial charge >= 0.3 is 12.2 Å². The molecule has 2 fully saturated rings. The molecule has 0 atom stereocenters. The number of piperazine rings is 2. The molecular weight excluding hydrogens is 1650 g/mol. The number of aromatic nitrogens is 6. The summed E-state index contributed by atoms with van der Waals surface area (Å²) in [6.07, 6.45) is 7.00. The van der Waals surface area contributed by atoms with E-state index < -0.39 is 17.8 Å². The van der Waals surface area contributed by atoms with Crippen molar-refractivity contribution < 1.29 is 32.3 Å². The monoisotopic (exact) mass is 1740 g/mol. The van der Waals surface area contributed by atoms with Gasteiger partial charge in [0.2, 0.25) is 0 Å². The molecule has 2 aliphatic heterocycles. The van der Waals surface area contributed by atoms with Crippen molar-refractivity contribution in [1.29, 1.82) is 0 Å². The minimum atomic E-state index is -4.45. The third kappa shape index (κ3) is 23.9. The van der Waals surface area contributed by atoms with E-state index in [1.54, 1.807) is 65.5 Å². The van der Waals surface area contributed by atoms with Crippen molar-refractivity contribution in [1.82, 2.24) is 54.8 Å². The number of carbonyl (C=O) groups excluding carboxylic acids is 4. The fraction of sp³-hybridized carbons (Fsp3) is 0.213. The van der Waals surface area contributed by atoms with Crippen LogP contribution < -0.4 is 37.2 Å². The number of carbonyl (C=O) groups is 4. The number of likely N-dealkylation sites (N-methyl/N-ethyl adjacent to an activating group) is 2. The maximum absolute atomic E-state index is 13.1. The van der Waals surface area contributed by atoms with E-state index in [0.29, 0.717) is 27.5 Å². The number of thiazole rings is 3. The predicted octanol–water partition coefficient (Wildman–Crippen LogP) is 19.1. The van der Waals surface area contributed by atoms with Crippen molar-refractivity contribution in [2.24, 2.45) is 0 Å². The smallest absolute Gasteiger partial charge is 0.334 e. The van der Waals surface area contributed by atoms with E-state index in [1.807, 2.05) is 141 Å². The second-order valence-corrected chi connectivity index (χ2v) is 32.5. The highest BCUT2D eigenvalue weighted by Crippen LogP contribution is 2.35. The Balaban J connectivity index is 0.000000153. The highest BCUT2D eigenvalue weighted by Gasteiger charge is 2.30. The molecule has 2 saturated heterocycles. The first kappa shape index (κ1) is 83.5. The Morgan fingerprint density at radius 3 is 1.46 bits per heavy atom. The first-order valence-electron chi connectivity index (χ1n) is 37.9. The van der Waals surface area contributed by atoms with E-state index in [1.165, 1.54) is 40.2 Å². The van der Waals surface area contributed by atoms with Crippen molar-refractivity contribution in [3.8, 4) is 33.8 Å². The lowest BCUT2D eigenvalue weighted by Gasteiger charge is -2.32. The number of nitrogens with zero attached hydrogens (tertiary/aromatic N) is 10. The summed E-state index contributed by atoms with van der Waals surface area (Å²) in [5, 5.41) is 29.5. The number of rotatable bonds is 22. The molecule has 0 bridgehead atoms. The fourth-order valence-corrected chi connectivity index (χ4v) is 15.7. The van der Waals surface area contributed by atoms with Crippen LogP contribution in [0.4, 0.5) is 62.4 Å². The topological polar surface area (TPSA) is 243 Å².